The summed E-state index contributed by atoms with van der Waals surface area (Å²) in [6.45, 7) is 5.20. The van der Waals surface area contributed by atoms with Crippen molar-refractivity contribution in [3.8, 4) is 5.69 Å². The molecule has 0 bridgehead atoms. The van der Waals surface area contributed by atoms with Crippen molar-refractivity contribution in [1.29, 1.82) is 0 Å². The number of hydrogen-bond acceptors (Lipinski definition) is 3. The Morgan fingerprint density at radius 2 is 1.91 bits per heavy atom. The van der Waals surface area contributed by atoms with Crippen LogP contribution in [0.1, 0.15) is 25.5 Å². The van der Waals surface area contributed by atoms with E-state index in [2.05, 4.69) is 53.5 Å². The van der Waals surface area contributed by atoms with Gasteiger partial charge >= 0.3 is 0 Å². The number of hydrogen-bond donors (Lipinski definition) is 1. The van der Waals surface area contributed by atoms with Crippen LogP contribution in [0.5, 0.6) is 0 Å². The summed E-state index contributed by atoms with van der Waals surface area (Å²) in [5.74, 6) is 0. The minimum absolute atomic E-state index is 0.320. The Balaban J connectivity index is 1.57. The normalized spacial score (nSPS) is 13.9. The molecule has 2 atom stereocenters. The van der Waals surface area contributed by atoms with Gasteiger partial charge in [-0.2, -0.15) is 5.10 Å². The highest BCUT2D eigenvalue weighted by Crippen LogP contribution is 2.12. The van der Waals surface area contributed by atoms with Gasteiger partial charge in [-0.1, -0.05) is 12.1 Å². The summed E-state index contributed by atoms with van der Waals surface area (Å²) in [6.07, 6.45) is 9.36. The quantitative estimate of drug-likeness (QED) is 0.760. The predicted molar refractivity (Wildman–Crippen MR) is 86.8 cm³/mol. The second kappa shape index (κ2) is 6.58. The minimum atomic E-state index is 0.320. The Kier molecular flexibility index (Phi) is 4.34. The molecule has 0 aliphatic carbocycles. The fourth-order valence-electron chi connectivity index (χ4n) is 2.40. The van der Waals surface area contributed by atoms with Crippen LogP contribution in [-0.4, -0.2) is 25.4 Å². The van der Waals surface area contributed by atoms with Crippen molar-refractivity contribution < 1.29 is 0 Å². The Morgan fingerprint density at radius 1 is 1.09 bits per heavy atom. The second-order valence-electron chi connectivity index (χ2n) is 5.53. The maximum absolute atomic E-state index is 4.30. The molecule has 22 heavy (non-hydrogen) atoms. The van der Waals surface area contributed by atoms with Gasteiger partial charge in [0.2, 0.25) is 0 Å². The smallest absolute Gasteiger partial charge is 0.0991 e. The molecule has 0 aliphatic heterocycles. The molecule has 3 aromatic rings. The van der Waals surface area contributed by atoms with Crippen molar-refractivity contribution in [3.63, 3.8) is 0 Å². The van der Waals surface area contributed by atoms with Gasteiger partial charge in [-0.15, -0.1) is 0 Å². The van der Waals surface area contributed by atoms with Gasteiger partial charge < -0.3 is 9.88 Å². The van der Waals surface area contributed by atoms with Gasteiger partial charge in [-0.05, 0) is 37.6 Å². The van der Waals surface area contributed by atoms with Gasteiger partial charge in [-0.25, -0.2) is 4.98 Å². The summed E-state index contributed by atoms with van der Waals surface area (Å²) < 4.78 is 3.99. The first-order valence-electron chi connectivity index (χ1n) is 7.54. The third kappa shape index (κ3) is 3.26. The first-order chi connectivity index (χ1) is 10.7. The Hall–Kier alpha value is -2.40. The summed E-state index contributed by atoms with van der Waals surface area (Å²) in [6, 6.07) is 11.1. The van der Waals surface area contributed by atoms with Gasteiger partial charge in [0.1, 0.15) is 0 Å². The molecule has 2 aromatic heterocycles. The molecule has 0 saturated heterocycles. The monoisotopic (exact) mass is 295 g/mol. The van der Waals surface area contributed by atoms with Crippen molar-refractivity contribution >= 4 is 0 Å². The first kappa shape index (κ1) is 14.5. The third-order valence-electron chi connectivity index (χ3n) is 4.03. The number of nitrogens with one attached hydrogen (secondary N) is 1. The molecule has 0 spiro atoms. The Morgan fingerprint density at radius 3 is 2.55 bits per heavy atom. The lowest BCUT2D eigenvalue weighted by Gasteiger charge is -2.22. The summed E-state index contributed by atoms with van der Waals surface area (Å²) in [5.41, 5.74) is 2.39. The molecule has 2 unspecified atom stereocenters. The lowest BCUT2D eigenvalue weighted by atomic mass is 10.1. The zero-order chi connectivity index (χ0) is 15.4. The predicted octanol–water partition coefficient (Wildman–Crippen LogP) is 2.81. The summed E-state index contributed by atoms with van der Waals surface area (Å²) in [5, 5.41) is 7.86. The number of imidazole rings is 1. The highest BCUT2D eigenvalue weighted by atomic mass is 15.3. The van der Waals surface area contributed by atoms with E-state index in [1.807, 2.05) is 33.9 Å². The molecular formula is C17H21N5. The molecule has 0 fully saturated rings. The molecule has 5 heteroatoms. The van der Waals surface area contributed by atoms with Crippen LogP contribution in [0.2, 0.25) is 0 Å². The van der Waals surface area contributed by atoms with Crippen molar-refractivity contribution in [3.05, 3.63) is 67.0 Å². The average molecular weight is 295 g/mol. The standard InChI is InChI=1S/C17H21N5/c1-14(15(2)22-10-3-8-20-22)19-12-16-4-6-17(7-5-16)21-11-9-18-13-21/h3-11,13-15,19H,12H2,1-2H3. The van der Waals surface area contributed by atoms with Crippen LogP contribution in [0.3, 0.4) is 0 Å². The van der Waals surface area contributed by atoms with Crippen LogP contribution < -0.4 is 5.32 Å². The van der Waals surface area contributed by atoms with E-state index in [4.69, 9.17) is 0 Å². The van der Waals surface area contributed by atoms with Gasteiger partial charge in [0.05, 0.1) is 12.4 Å². The van der Waals surface area contributed by atoms with E-state index in [9.17, 15) is 0 Å². The minimum Gasteiger partial charge on any atom is -0.308 e. The molecular weight excluding hydrogens is 274 g/mol. The van der Waals surface area contributed by atoms with E-state index in [1.165, 1.54) is 5.56 Å². The molecule has 3 rings (SSSR count). The van der Waals surface area contributed by atoms with E-state index in [-0.39, 0.29) is 0 Å². The summed E-state index contributed by atoms with van der Waals surface area (Å²) in [7, 11) is 0. The second-order valence-corrected chi connectivity index (χ2v) is 5.53. The van der Waals surface area contributed by atoms with E-state index in [0.29, 0.717) is 12.1 Å². The first-order valence-corrected chi connectivity index (χ1v) is 7.54. The summed E-state index contributed by atoms with van der Waals surface area (Å²) >= 11 is 0. The number of benzene rings is 1. The van der Waals surface area contributed by atoms with Crippen LogP contribution in [-0.2, 0) is 6.54 Å². The number of nitrogens with zero attached hydrogens (tertiary/aromatic N) is 4. The maximum Gasteiger partial charge on any atom is 0.0991 e. The largest absolute Gasteiger partial charge is 0.308 e. The average Bonchev–Trinajstić information content (AvgIpc) is 3.25. The van der Waals surface area contributed by atoms with E-state index < -0.39 is 0 Å². The fraction of sp³-hybridized carbons (Fsp3) is 0.294. The SMILES string of the molecule is CC(NCc1ccc(-n2ccnc2)cc1)C(C)n1cccn1. The molecule has 1 N–H and O–H groups in total. The molecule has 0 amide bonds. The van der Waals surface area contributed by atoms with Gasteiger partial charge in [0.25, 0.3) is 0 Å². The van der Waals surface area contributed by atoms with Gasteiger partial charge in [-0.3, -0.25) is 4.68 Å². The van der Waals surface area contributed by atoms with Gasteiger partial charge in [0.15, 0.2) is 0 Å². The lowest BCUT2D eigenvalue weighted by Crippen LogP contribution is -2.33. The third-order valence-corrected chi connectivity index (χ3v) is 4.03. The maximum atomic E-state index is 4.30. The van der Waals surface area contributed by atoms with Crippen molar-refractivity contribution in [1.82, 2.24) is 24.6 Å². The molecule has 5 nitrogen and oxygen atoms in total. The molecule has 114 valence electrons. The number of rotatable bonds is 6. The lowest BCUT2D eigenvalue weighted by molar-refractivity contribution is 0.365. The zero-order valence-electron chi connectivity index (χ0n) is 12.9. The topological polar surface area (TPSA) is 47.7 Å². The van der Waals surface area contributed by atoms with Crippen molar-refractivity contribution in [2.75, 3.05) is 0 Å². The van der Waals surface area contributed by atoms with Crippen molar-refractivity contribution in [2.24, 2.45) is 0 Å². The molecule has 1 aromatic carbocycles. The molecule has 0 saturated carbocycles. The molecule has 0 aliphatic rings. The Labute approximate surface area is 130 Å². The van der Waals surface area contributed by atoms with Gasteiger partial charge in [0, 0.05) is 43.1 Å². The highest BCUT2D eigenvalue weighted by molar-refractivity contribution is 5.34. The zero-order valence-corrected chi connectivity index (χ0v) is 12.9. The summed E-state index contributed by atoms with van der Waals surface area (Å²) in [4.78, 5) is 4.07. The highest BCUT2D eigenvalue weighted by Gasteiger charge is 2.13. The van der Waals surface area contributed by atoms with E-state index in [0.717, 1.165) is 12.2 Å². The van der Waals surface area contributed by atoms with Crippen LogP contribution >= 0.6 is 0 Å². The molecule has 0 radical (unpaired) electrons. The van der Waals surface area contributed by atoms with Crippen molar-refractivity contribution in [2.45, 2.75) is 32.5 Å². The van der Waals surface area contributed by atoms with E-state index >= 15 is 0 Å². The molecule has 2 heterocycles. The van der Waals surface area contributed by atoms with E-state index in [1.54, 1.807) is 12.5 Å². The van der Waals surface area contributed by atoms with Crippen LogP contribution in [0.4, 0.5) is 0 Å². The van der Waals surface area contributed by atoms with Crippen LogP contribution in [0, 0.1) is 0 Å². The van der Waals surface area contributed by atoms with Crippen LogP contribution in [0.15, 0.2) is 61.4 Å². The van der Waals surface area contributed by atoms with Crippen LogP contribution in [0.25, 0.3) is 5.69 Å². The number of aromatic nitrogens is 4. The Bertz CT molecular complexity index is 670. The fourth-order valence-corrected chi connectivity index (χ4v) is 2.40.